The summed E-state index contributed by atoms with van der Waals surface area (Å²) in [7, 11) is 0. The monoisotopic (exact) mass is 287 g/mol. The number of nitrogens with zero attached hydrogens (tertiary/aromatic N) is 1. The van der Waals surface area contributed by atoms with E-state index in [1.807, 2.05) is 0 Å². The van der Waals surface area contributed by atoms with Gasteiger partial charge in [0, 0.05) is 30.9 Å². The summed E-state index contributed by atoms with van der Waals surface area (Å²) >= 11 is 0. The molecule has 0 unspecified atom stereocenters. The summed E-state index contributed by atoms with van der Waals surface area (Å²) in [5.74, 6) is 0. The first kappa shape index (κ1) is 14.2. The lowest BCUT2D eigenvalue weighted by Gasteiger charge is -2.35. The van der Waals surface area contributed by atoms with Crippen LogP contribution in [0.2, 0.25) is 0 Å². The zero-order valence-electron chi connectivity index (χ0n) is 12.8. The number of carbonyl (C=O) groups excluding carboxylic acids is 1. The maximum absolute atomic E-state index is 11.9. The first-order valence-corrected chi connectivity index (χ1v) is 8.09. The first-order valence-electron chi connectivity index (χ1n) is 8.09. The van der Waals surface area contributed by atoms with E-state index in [2.05, 4.69) is 46.7 Å². The van der Waals surface area contributed by atoms with Gasteiger partial charge < -0.3 is 15.5 Å². The highest BCUT2D eigenvalue weighted by Crippen LogP contribution is 2.21. The second kappa shape index (κ2) is 6.37. The van der Waals surface area contributed by atoms with Gasteiger partial charge in [0.05, 0.1) is 0 Å². The van der Waals surface area contributed by atoms with Gasteiger partial charge >= 0.3 is 6.03 Å². The van der Waals surface area contributed by atoms with E-state index >= 15 is 0 Å². The van der Waals surface area contributed by atoms with Gasteiger partial charge in [-0.1, -0.05) is 12.1 Å². The van der Waals surface area contributed by atoms with Gasteiger partial charge in [-0.2, -0.15) is 0 Å². The number of urea groups is 1. The number of rotatable bonds is 3. The molecule has 1 aromatic rings. The molecule has 1 heterocycles. The third kappa shape index (κ3) is 3.69. The minimum atomic E-state index is 0.0219. The number of hydrogen-bond acceptors (Lipinski definition) is 2. The van der Waals surface area contributed by atoms with Crippen molar-refractivity contribution in [2.75, 3.05) is 18.0 Å². The summed E-state index contributed by atoms with van der Waals surface area (Å²) < 4.78 is 0. The molecule has 3 rings (SSSR count). The largest absolute Gasteiger partial charge is 0.371 e. The Morgan fingerprint density at radius 1 is 1.10 bits per heavy atom. The van der Waals surface area contributed by atoms with Crippen LogP contribution in [-0.2, 0) is 0 Å². The van der Waals surface area contributed by atoms with Crippen molar-refractivity contribution in [3.05, 3.63) is 29.8 Å². The van der Waals surface area contributed by atoms with E-state index in [1.54, 1.807) is 0 Å². The molecular weight excluding hydrogens is 262 g/mol. The van der Waals surface area contributed by atoms with E-state index < -0.39 is 0 Å². The lowest BCUT2D eigenvalue weighted by Crippen LogP contribution is -2.51. The zero-order chi connectivity index (χ0) is 14.7. The number of nitrogens with one attached hydrogen (secondary N) is 2. The minimum absolute atomic E-state index is 0.0219. The van der Waals surface area contributed by atoms with Crippen molar-refractivity contribution in [2.24, 2.45) is 0 Å². The Balaban J connectivity index is 1.45. The normalized spacial score (nSPS) is 20.0. The van der Waals surface area contributed by atoms with Crippen molar-refractivity contribution >= 4 is 11.7 Å². The Morgan fingerprint density at radius 2 is 1.76 bits per heavy atom. The van der Waals surface area contributed by atoms with E-state index in [-0.39, 0.29) is 6.03 Å². The molecule has 114 valence electrons. The first-order chi connectivity index (χ1) is 10.2. The molecule has 21 heavy (non-hydrogen) atoms. The molecule has 0 radical (unpaired) electrons. The molecule has 2 aliphatic rings. The van der Waals surface area contributed by atoms with E-state index in [0.717, 1.165) is 38.8 Å². The zero-order valence-corrected chi connectivity index (χ0v) is 12.8. The Morgan fingerprint density at radius 3 is 2.33 bits per heavy atom. The number of amides is 2. The molecule has 0 bridgehead atoms. The molecule has 0 atom stereocenters. The molecule has 2 fully saturated rings. The standard InChI is InChI=1S/C17H25N3O/c1-13-4-2-7-16(12-13)20-10-8-15(9-11-20)19-17(21)18-14-5-3-6-14/h2,4,7,12,14-15H,3,5-6,8-11H2,1H3,(H2,18,19,21). The Bertz CT molecular complexity index is 491. The van der Waals surface area contributed by atoms with E-state index in [4.69, 9.17) is 0 Å². The molecule has 1 aliphatic carbocycles. The van der Waals surface area contributed by atoms with Crippen molar-refractivity contribution in [3.8, 4) is 0 Å². The summed E-state index contributed by atoms with van der Waals surface area (Å²) in [6, 6.07) is 9.39. The molecule has 1 saturated heterocycles. The number of anilines is 1. The predicted molar refractivity (Wildman–Crippen MR) is 85.7 cm³/mol. The van der Waals surface area contributed by atoms with Crippen molar-refractivity contribution in [1.82, 2.24) is 10.6 Å². The van der Waals surface area contributed by atoms with Crippen molar-refractivity contribution in [1.29, 1.82) is 0 Å². The second-order valence-corrected chi connectivity index (χ2v) is 6.35. The third-order valence-electron chi connectivity index (χ3n) is 4.64. The van der Waals surface area contributed by atoms with Crippen LogP contribution in [-0.4, -0.2) is 31.2 Å². The highest BCUT2D eigenvalue weighted by atomic mass is 16.2. The molecule has 0 aromatic heterocycles. The maximum atomic E-state index is 11.9. The van der Waals surface area contributed by atoms with Crippen molar-refractivity contribution in [3.63, 3.8) is 0 Å². The molecule has 0 spiro atoms. The number of aryl methyl sites for hydroxylation is 1. The van der Waals surface area contributed by atoms with Crippen molar-refractivity contribution < 1.29 is 4.79 Å². The summed E-state index contributed by atoms with van der Waals surface area (Å²) in [5, 5.41) is 6.18. The number of piperidine rings is 1. The Hall–Kier alpha value is -1.71. The fraction of sp³-hybridized carbons (Fsp3) is 0.588. The summed E-state index contributed by atoms with van der Waals surface area (Å²) in [4.78, 5) is 14.3. The van der Waals surface area contributed by atoms with Crippen LogP contribution >= 0.6 is 0 Å². The molecule has 4 nitrogen and oxygen atoms in total. The molecule has 2 amide bonds. The Labute approximate surface area is 126 Å². The number of hydrogen-bond donors (Lipinski definition) is 2. The molecule has 1 aromatic carbocycles. The highest BCUT2D eigenvalue weighted by molar-refractivity contribution is 5.74. The fourth-order valence-corrected chi connectivity index (χ4v) is 3.07. The fourth-order valence-electron chi connectivity index (χ4n) is 3.07. The lowest BCUT2D eigenvalue weighted by molar-refractivity contribution is 0.222. The molecule has 2 N–H and O–H groups in total. The van der Waals surface area contributed by atoms with Gasteiger partial charge in [-0.15, -0.1) is 0 Å². The van der Waals surface area contributed by atoms with Gasteiger partial charge in [0.2, 0.25) is 0 Å². The minimum Gasteiger partial charge on any atom is -0.371 e. The van der Waals surface area contributed by atoms with Crippen LogP contribution in [0.1, 0.15) is 37.7 Å². The average Bonchev–Trinajstić information content (AvgIpc) is 2.44. The molecule has 1 saturated carbocycles. The number of carbonyl (C=O) groups is 1. The summed E-state index contributed by atoms with van der Waals surface area (Å²) in [5.41, 5.74) is 2.60. The van der Waals surface area contributed by atoms with E-state index in [1.165, 1.54) is 17.7 Å². The highest BCUT2D eigenvalue weighted by Gasteiger charge is 2.23. The molecule has 4 heteroatoms. The van der Waals surface area contributed by atoms with Crippen LogP contribution in [0.5, 0.6) is 0 Å². The van der Waals surface area contributed by atoms with Gasteiger partial charge in [0.15, 0.2) is 0 Å². The van der Waals surface area contributed by atoms with Crippen LogP contribution in [0.3, 0.4) is 0 Å². The van der Waals surface area contributed by atoms with Gasteiger partial charge in [-0.05, 0) is 56.7 Å². The van der Waals surface area contributed by atoms with Crippen LogP contribution < -0.4 is 15.5 Å². The van der Waals surface area contributed by atoms with Gasteiger partial charge in [-0.3, -0.25) is 0 Å². The quantitative estimate of drug-likeness (QED) is 0.898. The second-order valence-electron chi connectivity index (χ2n) is 6.35. The van der Waals surface area contributed by atoms with Crippen LogP contribution in [0.15, 0.2) is 24.3 Å². The van der Waals surface area contributed by atoms with E-state index in [9.17, 15) is 4.79 Å². The van der Waals surface area contributed by atoms with Crippen molar-refractivity contribution in [2.45, 2.75) is 51.1 Å². The lowest BCUT2D eigenvalue weighted by atomic mass is 9.93. The molecular formula is C17H25N3O. The van der Waals surface area contributed by atoms with E-state index in [0.29, 0.717) is 12.1 Å². The predicted octanol–water partition coefficient (Wildman–Crippen LogP) is 2.82. The third-order valence-corrected chi connectivity index (χ3v) is 4.64. The van der Waals surface area contributed by atoms with Crippen LogP contribution in [0.4, 0.5) is 10.5 Å². The molecule has 1 aliphatic heterocycles. The van der Waals surface area contributed by atoms with Crippen LogP contribution in [0, 0.1) is 6.92 Å². The van der Waals surface area contributed by atoms with Gasteiger partial charge in [-0.25, -0.2) is 4.79 Å². The SMILES string of the molecule is Cc1cccc(N2CCC(NC(=O)NC3CCC3)CC2)c1. The van der Waals surface area contributed by atoms with Crippen LogP contribution in [0.25, 0.3) is 0 Å². The summed E-state index contributed by atoms with van der Waals surface area (Å²) in [6.45, 7) is 4.15. The maximum Gasteiger partial charge on any atom is 0.315 e. The number of benzene rings is 1. The Kier molecular flexibility index (Phi) is 4.32. The smallest absolute Gasteiger partial charge is 0.315 e. The average molecular weight is 287 g/mol. The van der Waals surface area contributed by atoms with Gasteiger partial charge in [0.1, 0.15) is 0 Å². The summed E-state index contributed by atoms with van der Waals surface area (Å²) in [6.07, 6.45) is 5.57. The topological polar surface area (TPSA) is 44.4 Å². The van der Waals surface area contributed by atoms with Gasteiger partial charge in [0.25, 0.3) is 0 Å².